The van der Waals surface area contributed by atoms with E-state index in [1.54, 1.807) is 51.1 Å². The number of ether oxygens (including phenoxy) is 3. The van der Waals surface area contributed by atoms with Gasteiger partial charge in [-0.25, -0.2) is 9.59 Å². The van der Waals surface area contributed by atoms with Crippen LogP contribution < -0.4 is 10.1 Å². The van der Waals surface area contributed by atoms with Crippen LogP contribution in [0.25, 0.3) is 11.1 Å². The molecule has 250 valence electrons. The predicted octanol–water partition coefficient (Wildman–Crippen LogP) is 8.49. The van der Waals surface area contributed by atoms with Crippen molar-refractivity contribution < 1.29 is 41.8 Å². The van der Waals surface area contributed by atoms with Crippen molar-refractivity contribution in [3.05, 3.63) is 119 Å². The second-order valence-electron chi connectivity index (χ2n) is 12.3. The van der Waals surface area contributed by atoms with Crippen molar-refractivity contribution in [1.82, 2.24) is 10.2 Å². The zero-order valence-electron chi connectivity index (χ0n) is 26.7. The van der Waals surface area contributed by atoms with Crippen LogP contribution in [-0.4, -0.2) is 41.7 Å². The zero-order valence-corrected chi connectivity index (χ0v) is 26.7. The molecule has 0 saturated heterocycles. The molecular formula is C37H35F3N2O6. The third-order valence-corrected chi connectivity index (χ3v) is 7.61. The number of carbonyl (C=O) groups is 3. The lowest BCUT2D eigenvalue weighted by Crippen LogP contribution is -2.41. The van der Waals surface area contributed by atoms with Crippen molar-refractivity contribution in [1.29, 1.82) is 0 Å². The Kier molecular flexibility index (Phi) is 10.1. The summed E-state index contributed by atoms with van der Waals surface area (Å²) in [6.07, 6.45) is -6.11. The highest BCUT2D eigenvalue weighted by Gasteiger charge is 2.34. The third-order valence-electron chi connectivity index (χ3n) is 7.61. The number of halogens is 3. The van der Waals surface area contributed by atoms with E-state index in [2.05, 4.69) is 5.32 Å². The Bertz CT molecular complexity index is 1770. The largest absolute Gasteiger partial charge is 0.459 e. The quantitative estimate of drug-likeness (QED) is 0.158. The summed E-state index contributed by atoms with van der Waals surface area (Å²) >= 11 is 0. The molecule has 1 N–H and O–H groups in total. The number of nitrogens with one attached hydrogen (secondary N) is 1. The predicted molar refractivity (Wildman–Crippen MR) is 172 cm³/mol. The van der Waals surface area contributed by atoms with E-state index in [-0.39, 0.29) is 31.1 Å². The number of fused-ring (bicyclic) bond motifs is 1. The van der Waals surface area contributed by atoms with Gasteiger partial charge < -0.3 is 24.4 Å². The number of hydrogen-bond donors (Lipinski definition) is 1. The van der Waals surface area contributed by atoms with E-state index in [4.69, 9.17) is 14.2 Å². The zero-order chi connectivity index (χ0) is 34.5. The first-order chi connectivity index (χ1) is 22.8. The van der Waals surface area contributed by atoms with Gasteiger partial charge in [0, 0.05) is 19.6 Å². The van der Waals surface area contributed by atoms with Crippen molar-refractivity contribution in [3.63, 3.8) is 0 Å². The van der Waals surface area contributed by atoms with Crippen LogP contribution in [0.3, 0.4) is 0 Å². The molecule has 11 heteroatoms. The Hall–Kier alpha value is -5.32. The minimum atomic E-state index is -4.59. The van der Waals surface area contributed by atoms with Crippen LogP contribution in [0, 0.1) is 0 Å². The Morgan fingerprint density at radius 1 is 0.833 bits per heavy atom. The topological polar surface area (TPSA) is 94.2 Å². The first-order valence-corrected chi connectivity index (χ1v) is 15.4. The SMILES string of the molecule is CC(C)(C)OC(=O)C(CNC(=O)OC(=O)N1CCc2ccc(Oc3ccccc3C(F)(F)F)cc2C1)c1ccc(-c2ccccc2)cc1. The first-order valence-electron chi connectivity index (χ1n) is 15.4. The maximum atomic E-state index is 13.4. The fraction of sp³-hybridized carbons (Fsp3) is 0.270. The fourth-order valence-electron chi connectivity index (χ4n) is 5.28. The van der Waals surface area contributed by atoms with E-state index in [9.17, 15) is 27.6 Å². The number of esters is 1. The number of rotatable bonds is 7. The van der Waals surface area contributed by atoms with Gasteiger partial charge in [0.1, 0.15) is 17.1 Å². The van der Waals surface area contributed by atoms with E-state index in [0.717, 1.165) is 22.8 Å². The summed E-state index contributed by atoms with van der Waals surface area (Å²) in [5.74, 6) is -1.60. The van der Waals surface area contributed by atoms with E-state index in [0.29, 0.717) is 17.5 Å². The normalized spacial score (nSPS) is 13.6. The molecule has 2 amide bonds. The number of alkyl halides is 3. The molecule has 0 saturated carbocycles. The molecule has 0 aliphatic carbocycles. The maximum absolute atomic E-state index is 13.4. The monoisotopic (exact) mass is 660 g/mol. The Balaban J connectivity index is 1.22. The average Bonchev–Trinajstić information content (AvgIpc) is 3.04. The Morgan fingerprint density at radius 2 is 1.50 bits per heavy atom. The lowest BCUT2D eigenvalue weighted by Gasteiger charge is -2.28. The second kappa shape index (κ2) is 14.2. The molecule has 0 fully saturated rings. The van der Waals surface area contributed by atoms with Crippen LogP contribution in [0.2, 0.25) is 0 Å². The number of para-hydroxylation sites is 1. The molecule has 48 heavy (non-hydrogen) atoms. The number of carbonyl (C=O) groups excluding carboxylic acids is 3. The summed E-state index contributed by atoms with van der Waals surface area (Å²) in [4.78, 5) is 40.2. The van der Waals surface area contributed by atoms with Gasteiger partial charge >= 0.3 is 24.3 Å². The summed E-state index contributed by atoms with van der Waals surface area (Å²) in [6, 6.07) is 26.8. The van der Waals surface area contributed by atoms with E-state index < -0.39 is 41.4 Å². The molecule has 0 radical (unpaired) electrons. The lowest BCUT2D eigenvalue weighted by molar-refractivity contribution is -0.156. The molecule has 5 rings (SSSR count). The number of amides is 2. The highest BCUT2D eigenvalue weighted by Crippen LogP contribution is 2.38. The highest BCUT2D eigenvalue weighted by atomic mass is 19.4. The molecule has 1 aliphatic heterocycles. The van der Waals surface area contributed by atoms with Gasteiger partial charge in [0.05, 0.1) is 11.5 Å². The highest BCUT2D eigenvalue weighted by molar-refractivity contribution is 5.85. The minimum Gasteiger partial charge on any atom is -0.459 e. The smallest absolute Gasteiger partial charge is 0.419 e. The molecule has 1 aliphatic rings. The number of nitrogens with zero attached hydrogens (tertiary/aromatic N) is 1. The summed E-state index contributed by atoms with van der Waals surface area (Å²) in [5.41, 5.74) is 2.42. The van der Waals surface area contributed by atoms with Crippen LogP contribution >= 0.6 is 0 Å². The second-order valence-corrected chi connectivity index (χ2v) is 12.3. The molecular weight excluding hydrogens is 625 g/mol. The van der Waals surface area contributed by atoms with Crippen molar-refractivity contribution in [2.45, 2.75) is 51.4 Å². The Morgan fingerprint density at radius 3 is 2.19 bits per heavy atom. The number of hydrogen-bond acceptors (Lipinski definition) is 6. The van der Waals surface area contributed by atoms with Gasteiger partial charge in [0.25, 0.3) is 0 Å². The van der Waals surface area contributed by atoms with E-state index in [1.165, 1.54) is 23.1 Å². The summed E-state index contributed by atoms with van der Waals surface area (Å²) < 4.78 is 56.6. The molecule has 1 unspecified atom stereocenters. The summed E-state index contributed by atoms with van der Waals surface area (Å²) in [6.45, 7) is 5.35. The number of alkyl carbamates (subject to hydrolysis) is 1. The van der Waals surface area contributed by atoms with Gasteiger partial charge in [-0.2, -0.15) is 13.2 Å². The molecule has 1 atom stereocenters. The summed E-state index contributed by atoms with van der Waals surface area (Å²) in [7, 11) is 0. The molecule has 4 aromatic carbocycles. The van der Waals surface area contributed by atoms with Gasteiger partial charge in [-0.15, -0.1) is 0 Å². The van der Waals surface area contributed by atoms with Crippen molar-refractivity contribution in [2.75, 3.05) is 13.1 Å². The van der Waals surface area contributed by atoms with Gasteiger partial charge in [-0.05, 0) is 79.3 Å². The van der Waals surface area contributed by atoms with Crippen LogP contribution in [0.15, 0.2) is 97.1 Å². The van der Waals surface area contributed by atoms with Crippen LogP contribution in [0.5, 0.6) is 11.5 Å². The maximum Gasteiger partial charge on any atom is 0.419 e. The van der Waals surface area contributed by atoms with Crippen molar-refractivity contribution >= 4 is 18.2 Å². The van der Waals surface area contributed by atoms with Gasteiger partial charge in [0.2, 0.25) is 0 Å². The lowest BCUT2D eigenvalue weighted by atomic mass is 9.96. The molecule has 4 aromatic rings. The average molecular weight is 661 g/mol. The van der Waals surface area contributed by atoms with Crippen LogP contribution in [0.1, 0.15) is 48.9 Å². The van der Waals surface area contributed by atoms with Crippen molar-refractivity contribution in [2.24, 2.45) is 0 Å². The molecule has 0 spiro atoms. The number of benzene rings is 4. The molecule has 0 aromatic heterocycles. The van der Waals surface area contributed by atoms with Crippen LogP contribution in [-0.2, 0) is 33.4 Å². The van der Waals surface area contributed by atoms with Gasteiger partial charge in [-0.1, -0.05) is 72.8 Å². The fourth-order valence-corrected chi connectivity index (χ4v) is 5.28. The third kappa shape index (κ3) is 8.72. The van der Waals surface area contributed by atoms with E-state index in [1.807, 2.05) is 42.5 Å². The van der Waals surface area contributed by atoms with Crippen molar-refractivity contribution in [3.8, 4) is 22.6 Å². The van der Waals surface area contributed by atoms with E-state index >= 15 is 0 Å². The minimum absolute atomic E-state index is 0.0495. The van der Waals surface area contributed by atoms with Gasteiger partial charge in [-0.3, -0.25) is 4.79 Å². The molecule has 0 bridgehead atoms. The van der Waals surface area contributed by atoms with Crippen LogP contribution in [0.4, 0.5) is 22.8 Å². The van der Waals surface area contributed by atoms with Gasteiger partial charge in [0.15, 0.2) is 0 Å². The molecule has 1 heterocycles. The Labute approximate surface area is 276 Å². The standard InChI is InChI=1S/C37H35F3N2O6/c1-36(2,3)48-33(43)30(27-15-13-25(14-16-27)24-9-5-4-6-10-24)22-41-34(44)47-35(45)42-20-19-26-17-18-29(21-28(26)23-42)46-32-12-8-7-11-31(32)37(38,39)40/h4-18,21,30H,19-20,22-23H2,1-3H3,(H,41,44). The first kappa shape index (κ1) is 34.0. The molecule has 8 nitrogen and oxygen atoms in total. The summed E-state index contributed by atoms with van der Waals surface area (Å²) in [5, 5.41) is 2.52.